The van der Waals surface area contributed by atoms with Gasteiger partial charge in [0.2, 0.25) is 5.95 Å². The summed E-state index contributed by atoms with van der Waals surface area (Å²) in [5.74, 6) is -0.680. The highest BCUT2D eigenvalue weighted by atomic mass is 28.4. The molecule has 0 spiro atoms. The highest BCUT2D eigenvalue weighted by molar-refractivity contribution is 6.78. The summed E-state index contributed by atoms with van der Waals surface area (Å²) in [4.78, 5) is 34.9. The van der Waals surface area contributed by atoms with Gasteiger partial charge in [0, 0.05) is 6.92 Å². The number of aliphatic hydroxyl groups is 1. The molecule has 1 fully saturated rings. The lowest BCUT2D eigenvalue weighted by Crippen LogP contribution is -2.54. The van der Waals surface area contributed by atoms with Crippen LogP contribution in [0.5, 0.6) is 0 Å². The minimum atomic E-state index is -2.77. The van der Waals surface area contributed by atoms with E-state index in [4.69, 9.17) is 23.7 Å². The molecule has 0 saturated carbocycles. The number of anilines is 1. The predicted molar refractivity (Wildman–Crippen MR) is 148 cm³/mol. The third-order valence-corrected chi connectivity index (χ3v) is 16.1. The number of esters is 1. The minimum Gasteiger partial charge on any atom is -0.455 e. The van der Waals surface area contributed by atoms with Crippen LogP contribution in [0.3, 0.4) is 0 Å². The summed E-state index contributed by atoms with van der Waals surface area (Å²) in [5, 5.41) is 11.2. The Hall–Kier alpha value is -2.11. The smallest absolute Gasteiger partial charge is 0.333 e. The lowest BCUT2D eigenvalue weighted by atomic mass is 10.1. The molecule has 4 N–H and O–H groups in total. The van der Waals surface area contributed by atoms with Crippen LogP contribution in [0.25, 0.3) is 11.2 Å². The average Bonchev–Trinajstić information content (AvgIpc) is 3.34. The van der Waals surface area contributed by atoms with E-state index < -0.39 is 53.7 Å². The number of H-pyrrole nitrogens is 1. The predicted octanol–water partition coefficient (Wildman–Crippen LogP) is 2.73. The molecular formula is C24H43N5O7Si2. The van der Waals surface area contributed by atoms with Crippen molar-refractivity contribution in [2.75, 3.05) is 12.3 Å². The first-order valence-corrected chi connectivity index (χ1v) is 17.0. The Kier molecular flexibility index (Phi) is 9.58. The summed E-state index contributed by atoms with van der Waals surface area (Å²) in [6, 6.07) is 0. The van der Waals surface area contributed by atoms with Gasteiger partial charge in [-0.3, -0.25) is 19.1 Å². The summed E-state index contributed by atoms with van der Waals surface area (Å²) in [7, 11) is -4.39. The summed E-state index contributed by atoms with van der Waals surface area (Å²) in [6.07, 6.45) is -2.74. The standard InChI is InChI=1S/C24H43N5O7Si2/c1-12(2)37(13(3)4)36-38(14(5)6,15(7)8)33-10-17-19(31)20(34-16(9)30)23(35-17)29-11-26-18-21(29)27-24(25)28-22(18)32/h11-15,17,19-20,23,31,37H,10H2,1-9H3,(H3,25,27,28,32)/t17-,19?,20-,23-/m1/s1. The number of carbonyl (C=O) groups is 1. The zero-order valence-corrected chi connectivity index (χ0v) is 26.0. The largest absolute Gasteiger partial charge is 0.455 e. The number of nitrogen functional groups attached to an aromatic ring is 1. The second-order valence-corrected chi connectivity index (χ2v) is 19.9. The maximum atomic E-state index is 12.3. The van der Waals surface area contributed by atoms with Gasteiger partial charge in [-0.05, 0) is 22.2 Å². The van der Waals surface area contributed by atoms with Crippen molar-refractivity contribution in [3.63, 3.8) is 0 Å². The first kappa shape index (κ1) is 30.4. The fraction of sp³-hybridized carbons (Fsp3) is 0.750. The van der Waals surface area contributed by atoms with E-state index in [9.17, 15) is 14.7 Å². The average molecular weight is 570 g/mol. The molecule has 0 aromatic carbocycles. The van der Waals surface area contributed by atoms with Gasteiger partial charge in [0.05, 0.1) is 12.9 Å². The number of hydrogen-bond acceptors (Lipinski definition) is 10. The summed E-state index contributed by atoms with van der Waals surface area (Å²) >= 11 is 0. The minimum absolute atomic E-state index is 0.0522. The third kappa shape index (κ3) is 6.04. The molecule has 214 valence electrons. The number of rotatable bonds is 11. The van der Waals surface area contributed by atoms with Gasteiger partial charge in [-0.1, -0.05) is 55.4 Å². The molecule has 4 atom stereocenters. The van der Waals surface area contributed by atoms with Gasteiger partial charge in [0.15, 0.2) is 32.5 Å². The number of hydrogen-bond donors (Lipinski definition) is 3. The van der Waals surface area contributed by atoms with Crippen LogP contribution in [-0.2, 0) is 22.8 Å². The van der Waals surface area contributed by atoms with E-state index in [0.717, 1.165) is 0 Å². The van der Waals surface area contributed by atoms with Gasteiger partial charge < -0.3 is 28.9 Å². The monoisotopic (exact) mass is 569 g/mol. The van der Waals surface area contributed by atoms with Crippen molar-refractivity contribution < 1.29 is 27.9 Å². The van der Waals surface area contributed by atoms with Crippen LogP contribution in [0, 0.1) is 0 Å². The number of fused-ring (bicyclic) bond motifs is 1. The van der Waals surface area contributed by atoms with Crippen LogP contribution in [0.15, 0.2) is 11.1 Å². The maximum absolute atomic E-state index is 12.3. The van der Waals surface area contributed by atoms with Crippen molar-refractivity contribution in [3.05, 3.63) is 16.7 Å². The zero-order chi connectivity index (χ0) is 28.5. The molecule has 3 rings (SSSR count). The second kappa shape index (κ2) is 12.0. The molecule has 1 aliphatic rings. The maximum Gasteiger partial charge on any atom is 0.333 e. The van der Waals surface area contributed by atoms with Crippen molar-refractivity contribution in [1.29, 1.82) is 0 Å². The number of nitrogens with zero attached hydrogens (tertiary/aromatic N) is 3. The number of aliphatic hydroxyl groups excluding tert-OH is 1. The van der Waals surface area contributed by atoms with Crippen LogP contribution >= 0.6 is 0 Å². The molecule has 0 aliphatic carbocycles. The molecule has 1 aliphatic heterocycles. The number of aromatic nitrogens is 4. The van der Waals surface area contributed by atoms with E-state index in [1.165, 1.54) is 17.8 Å². The molecule has 12 nitrogen and oxygen atoms in total. The molecule has 0 radical (unpaired) electrons. The highest BCUT2D eigenvalue weighted by Gasteiger charge is 2.52. The number of aromatic amines is 1. The van der Waals surface area contributed by atoms with Crippen molar-refractivity contribution >= 4 is 40.7 Å². The molecule has 0 amide bonds. The SMILES string of the molecule is CC(=O)O[C@@H]1C(O)[C@@H](CO[Si](O[SiH](C(C)C)C(C)C)(C(C)C)C(C)C)O[C@H]1n1cnc2c(=O)[nH]c(N)nc21. The van der Waals surface area contributed by atoms with E-state index in [0.29, 0.717) is 11.1 Å². The van der Waals surface area contributed by atoms with E-state index in [2.05, 4.69) is 70.3 Å². The van der Waals surface area contributed by atoms with Gasteiger partial charge in [0.25, 0.3) is 5.56 Å². The molecule has 38 heavy (non-hydrogen) atoms. The van der Waals surface area contributed by atoms with Crippen molar-refractivity contribution in [3.8, 4) is 0 Å². The van der Waals surface area contributed by atoms with Crippen LogP contribution in [-0.4, -0.2) is 73.1 Å². The molecule has 1 unspecified atom stereocenters. The number of nitrogens with two attached hydrogens (primary N) is 1. The van der Waals surface area contributed by atoms with E-state index in [1.54, 1.807) is 0 Å². The second-order valence-electron chi connectivity index (χ2n) is 11.3. The first-order valence-electron chi connectivity index (χ1n) is 13.2. The van der Waals surface area contributed by atoms with Crippen LogP contribution in [0.4, 0.5) is 5.95 Å². The van der Waals surface area contributed by atoms with Gasteiger partial charge >= 0.3 is 14.5 Å². The van der Waals surface area contributed by atoms with Crippen LogP contribution in [0.2, 0.25) is 22.2 Å². The number of imidazole rings is 1. The van der Waals surface area contributed by atoms with Gasteiger partial charge in [-0.15, -0.1) is 0 Å². The van der Waals surface area contributed by atoms with Gasteiger partial charge in [-0.2, -0.15) is 4.98 Å². The fourth-order valence-electron chi connectivity index (χ4n) is 5.30. The quantitative estimate of drug-likeness (QED) is 0.271. The Labute approximate surface area is 226 Å². The fourth-order valence-corrected chi connectivity index (χ4v) is 15.6. The first-order chi connectivity index (χ1) is 17.7. The summed E-state index contributed by atoms with van der Waals surface area (Å²) in [6.45, 7) is 18.6. The van der Waals surface area contributed by atoms with E-state index in [-0.39, 0.29) is 34.8 Å². The number of carbonyl (C=O) groups excluding carboxylic acids is 1. The van der Waals surface area contributed by atoms with Crippen LogP contribution < -0.4 is 11.3 Å². The molecule has 1 saturated heterocycles. The normalized spacial score (nSPS) is 22.6. The summed E-state index contributed by atoms with van der Waals surface area (Å²) < 4.78 is 26.9. The summed E-state index contributed by atoms with van der Waals surface area (Å²) in [5.41, 5.74) is 6.63. The lowest BCUT2D eigenvalue weighted by Gasteiger charge is -2.43. The van der Waals surface area contributed by atoms with Crippen molar-refractivity contribution in [1.82, 2.24) is 19.5 Å². The molecular weight excluding hydrogens is 526 g/mol. The van der Waals surface area contributed by atoms with E-state index in [1.807, 2.05) is 0 Å². The Balaban J connectivity index is 1.93. The van der Waals surface area contributed by atoms with Crippen molar-refractivity contribution in [2.45, 2.75) is 109 Å². The van der Waals surface area contributed by atoms with E-state index >= 15 is 0 Å². The highest BCUT2D eigenvalue weighted by Crippen LogP contribution is 2.40. The van der Waals surface area contributed by atoms with Crippen LogP contribution in [0.1, 0.15) is 68.5 Å². The topological polar surface area (TPSA) is 164 Å². The number of ether oxygens (including phenoxy) is 2. The lowest BCUT2D eigenvalue weighted by molar-refractivity contribution is -0.155. The third-order valence-electron chi connectivity index (χ3n) is 7.06. The molecule has 3 heterocycles. The number of nitrogens with one attached hydrogen (secondary N) is 1. The van der Waals surface area contributed by atoms with Gasteiger partial charge in [0.1, 0.15) is 12.2 Å². The molecule has 0 bridgehead atoms. The molecule has 14 heteroatoms. The van der Waals surface area contributed by atoms with Crippen molar-refractivity contribution in [2.24, 2.45) is 0 Å². The Morgan fingerprint density at radius 2 is 1.82 bits per heavy atom. The Morgan fingerprint density at radius 1 is 1.21 bits per heavy atom. The molecule has 2 aromatic rings. The Bertz CT molecular complexity index is 1150. The molecule has 2 aromatic heterocycles. The zero-order valence-electron chi connectivity index (χ0n) is 23.8. The van der Waals surface area contributed by atoms with Gasteiger partial charge in [-0.25, -0.2) is 4.98 Å². The Morgan fingerprint density at radius 3 is 2.34 bits per heavy atom.